The number of phenols is 1. The second kappa shape index (κ2) is 5.55. The van der Waals surface area contributed by atoms with Gasteiger partial charge in [0.25, 0.3) is 0 Å². The van der Waals surface area contributed by atoms with Gasteiger partial charge in [-0.3, -0.25) is 0 Å². The van der Waals surface area contributed by atoms with Crippen molar-refractivity contribution in [2.24, 2.45) is 0 Å². The average Bonchev–Trinajstić information content (AvgIpc) is 2.23. The van der Waals surface area contributed by atoms with Crippen LogP contribution in [-0.4, -0.2) is 22.7 Å². The van der Waals surface area contributed by atoms with Gasteiger partial charge < -0.3 is 10.4 Å². The van der Waals surface area contributed by atoms with Crippen LogP contribution in [0.15, 0.2) is 18.2 Å². The van der Waals surface area contributed by atoms with E-state index in [2.05, 4.69) is 25.4 Å². The number of phenolic OH excluding ortho intramolecular Hbond substituents is 1. The zero-order valence-electron chi connectivity index (χ0n) is 9.88. The maximum Gasteiger partial charge on any atom is 0.123 e. The van der Waals surface area contributed by atoms with Gasteiger partial charge in [0.1, 0.15) is 11.6 Å². The molecule has 0 spiro atoms. The third kappa shape index (κ3) is 4.02. The van der Waals surface area contributed by atoms with E-state index in [1.807, 2.05) is 0 Å². The van der Waals surface area contributed by atoms with E-state index in [1.54, 1.807) is 11.8 Å². The van der Waals surface area contributed by atoms with Crippen LogP contribution in [0, 0.1) is 5.82 Å². The third-order valence-corrected chi connectivity index (χ3v) is 3.71. The number of halogens is 1. The molecule has 1 rings (SSSR count). The Morgan fingerprint density at radius 1 is 1.44 bits per heavy atom. The highest BCUT2D eigenvalue weighted by atomic mass is 32.2. The Labute approximate surface area is 100 Å². The van der Waals surface area contributed by atoms with Crippen LogP contribution < -0.4 is 5.32 Å². The first-order valence-electron chi connectivity index (χ1n) is 5.18. The highest BCUT2D eigenvalue weighted by Gasteiger charge is 2.15. The summed E-state index contributed by atoms with van der Waals surface area (Å²) in [5.74, 6) is -0.186. The molecule has 2 N–H and O–H groups in total. The van der Waals surface area contributed by atoms with E-state index in [-0.39, 0.29) is 16.3 Å². The van der Waals surface area contributed by atoms with Gasteiger partial charge in [-0.2, -0.15) is 11.8 Å². The van der Waals surface area contributed by atoms with Crippen molar-refractivity contribution in [1.29, 1.82) is 0 Å². The number of rotatable bonds is 5. The zero-order valence-corrected chi connectivity index (χ0v) is 10.7. The molecule has 0 fully saturated rings. The van der Waals surface area contributed by atoms with Gasteiger partial charge in [-0.15, -0.1) is 0 Å². The van der Waals surface area contributed by atoms with Crippen LogP contribution in [0.2, 0.25) is 0 Å². The molecule has 90 valence electrons. The van der Waals surface area contributed by atoms with Crippen LogP contribution in [0.25, 0.3) is 0 Å². The molecule has 0 aliphatic heterocycles. The Hall–Kier alpha value is -0.740. The molecule has 0 heterocycles. The summed E-state index contributed by atoms with van der Waals surface area (Å²) in [5, 5.41) is 12.7. The maximum atomic E-state index is 12.9. The van der Waals surface area contributed by atoms with Gasteiger partial charge in [-0.05, 0) is 38.3 Å². The lowest BCUT2D eigenvalue weighted by Crippen LogP contribution is -2.31. The molecule has 0 aromatic heterocycles. The summed E-state index contributed by atoms with van der Waals surface area (Å²) in [7, 11) is 0. The molecule has 16 heavy (non-hydrogen) atoms. The minimum Gasteiger partial charge on any atom is -0.508 e. The summed E-state index contributed by atoms with van der Waals surface area (Å²) >= 11 is 1.77. The summed E-state index contributed by atoms with van der Waals surface area (Å²) in [6.45, 7) is 5.56. The lowest BCUT2D eigenvalue weighted by molar-refractivity contribution is 0.460. The monoisotopic (exact) mass is 243 g/mol. The number of hydrogen-bond donors (Lipinski definition) is 2. The second-order valence-corrected chi connectivity index (χ2v) is 5.85. The summed E-state index contributed by atoms with van der Waals surface area (Å²) < 4.78 is 13.1. The van der Waals surface area contributed by atoms with Crippen LogP contribution in [0.5, 0.6) is 5.75 Å². The van der Waals surface area contributed by atoms with E-state index in [0.717, 1.165) is 6.54 Å². The van der Waals surface area contributed by atoms with Gasteiger partial charge in [0.15, 0.2) is 0 Å². The van der Waals surface area contributed by atoms with E-state index in [9.17, 15) is 9.50 Å². The van der Waals surface area contributed by atoms with E-state index in [4.69, 9.17) is 0 Å². The summed E-state index contributed by atoms with van der Waals surface area (Å²) in [6.07, 6.45) is 2.06. The van der Waals surface area contributed by atoms with Crippen molar-refractivity contribution < 1.29 is 9.50 Å². The summed E-state index contributed by atoms with van der Waals surface area (Å²) in [5.41, 5.74) is 0.594. The predicted octanol–water partition coefficient (Wildman–Crippen LogP) is 2.76. The molecule has 0 aliphatic carbocycles. The Bertz CT molecular complexity index is 355. The first-order chi connectivity index (χ1) is 7.44. The lowest BCUT2D eigenvalue weighted by Gasteiger charge is -2.22. The fraction of sp³-hybridized carbons (Fsp3) is 0.500. The molecule has 0 aliphatic rings. The molecule has 4 heteroatoms. The van der Waals surface area contributed by atoms with Gasteiger partial charge in [0.05, 0.1) is 0 Å². The number of aromatic hydroxyl groups is 1. The van der Waals surface area contributed by atoms with Crippen molar-refractivity contribution in [2.45, 2.75) is 25.1 Å². The fourth-order valence-corrected chi connectivity index (χ4v) is 1.51. The fourth-order valence-electron chi connectivity index (χ4n) is 1.27. The molecule has 2 nitrogen and oxygen atoms in total. The molecule has 0 atom stereocenters. The molecular weight excluding hydrogens is 225 g/mol. The SMILES string of the molecule is CSC(C)(C)CNCc1cc(F)ccc1O. The van der Waals surface area contributed by atoms with Gasteiger partial charge >= 0.3 is 0 Å². The molecule has 0 saturated heterocycles. The normalized spacial score (nSPS) is 11.8. The largest absolute Gasteiger partial charge is 0.508 e. The second-order valence-electron chi connectivity index (χ2n) is 4.34. The van der Waals surface area contributed by atoms with Gasteiger partial charge in [-0.1, -0.05) is 0 Å². The molecule has 0 saturated carbocycles. The molecular formula is C12H18FNOS. The standard InChI is InChI=1S/C12H18FNOS/c1-12(2,16-3)8-14-7-9-6-10(13)4-5-11(9)15/h4-6,14-15H,7-8H2,1-3H3. The molecule has 0 bridgehead atoms. The molecule has 0 radical (unpaired) electrons. The average molecular weight is 243 g/mol. The topological polar surface area (TPSA) is 32.3 Å². The van der Waals surface area contributed by atoms with Crippen LogP contribution in [0.3, 0.4) is 0 Å². The van der Waals surface area contributed by atoms with E-state index in [0.29, 0.717) is 12.1 Å². The Morgan fingerprint density at radius 3 is 2.75 bits per heavy atom. The van der Waals surface area contributed by atoms with Gasteiger partial charge in [-0.25, -0.2) is 4.39 Å². The van der Waals surface area contributed by atoms with Crippen molar-refractivity contribution in [3.63, 3.8) is 0 Å². The van der Waals surface area contributed by atoms with Gasteiger partial charge in [0.2, 0.25) is 0 Å². The number of thioether (sulfide) groups is 1. The zero-order chi connectivity index (χ0) is 12.2. The van der Waals surface area contributed by atoms with Crippen molar-refractivity contribution in [1.82, 2.24) is 5.32 Å². The van der Waals surface area contributed by atoms with E-state index >= 15 is 0 Å². The van der Waals surface area contributed by atoms with Crippen LogP contribution >= 0.6 is 11.8 Å². The number of benzene rings is 1. The van der Waals surface area contributed by atoms with Crippen molar-refractivity contribution in [3.8, 4) is 5.75 Å². The molecule has 0 amide bonds. The minimum absolute atomic E-state index is 0.135. The number of hydrogen-bond acceptors (Lipinski definition) is 3. The predicted molar refractivity (Wildman–Crippen MR) is 67.4 cm³/mol. The highest BCUT2D eigenvalue weighted by molar-refractivity contribution is 7.99. The Balaban J connectivity index is 2.52. The molecule has 0 unspecified atom stereocenters. The minimum atomic E-state index is -0.321. The van der Waals surface area contributed by atoms with Gasteiger partial charge in [0, 0.05) is 23.4 Å². The van der Waals surface area contributed by atoms with E-state index in [1.165, 1.54) is 18.2 Å². The van der Waals surface area contributed by atoms with Crippen molar-refractivity contribution in [2.75, 3.05) is 12.8 Å². The highest BCUT2D eigenvalue weighted by Crippen LogP contribution is 2.21. The number of nitrogens with one attached hydrogen (secondary N) is 1. The van der Waals surface area contributed by atoms with Crippen molar-refractivity contribution >= 4 is 11.8 Å². The van der Waals surface area contributed by atoms with Crippen LogP contribution in [0.1, 0.15) is 19.4 Å². The quantitative estimate of drug-likeness (QED) is 0.834. The van der Waals surface area contributed by atoms with Crippen LogP contribution in [-0.2, 0) is 6.54 Å². The smallest absolute Gasteiger partial charge is 0.123 e. The third-order valence-electron chi connectivity index (χ3n) is 2.46. The Morgan fingerprint density at radius 2 is 2.12 bits per heavy atom. The first-order valence-corrected chi connectivity index (χ1v) is 6.40. The lowest BCUT2D eigenvalue weighted by atomic mass is 10.1. The molecule has 1 aromatic carbocycles. The van der Waals surface area contributed by atoms with E-state index < -0.39 is 0 Å². The summed E-state index contributed by atoms with van der Waals surface area (Å²) in [4.78, 5) is 0. The molecule has 1 aromatic rings. The van der Waals surface area contributed by atoms with Crippen LogP contribution in [0.4, 0.5) is 4.39 Å². The summed E-state index contributed by atoms with van der Waals surface area (Å²) in [6, 6.07) is 3.99. The maximum absolute atomic E-state index is 12.9. The Kier molecular flexibility index (Phi) is 4.62. The van der Waals surface area contributed by atoms with Crippen molar-refractivity contribution in [3.05, 3.63) is 29.6 Å². The first kappa shape index (κ1) is 13.3.